The van der Waals surface area contributed by atoms with Crippen molar-refractivity contribution < 1.29 is 4.42 Å². The molecule has 1 aromatic heterocycles. The monoisotopic (exact) mass is 192 g/mol. The Morgan fingerprint density at radius 3 is 2.86 bits per heavy atom. The van der Waals surface area contributed by atoms with E-state index in [0.717, 1.165) is 37.1 Å². The van der Waals surface area contributed by atoms with Gasteiger partial charge >= 0.3 is 0 Å². The van der Waals surface area contributed by atoms with Crippen LogP contribution in [-0.2, 0) is 6.42 Å². The lowest BCUT2D eigenvalue weighted by atomic mass is 9.84. The van der Waals surface area contributed by atoms with Gasteiger partial charge in [0, 0.05) is 12.3 Å². The number of nitrogens with zero attached hydrogens (tertiary/aromatic N) is 1. The summed E-state index contributed by atoms with van der Waals surface area (Å²) in [6.07, 6.45) is 6.89. The summed E-state index contributed by atoms with van der Waals surface area (Å²) in [4.78, 5) is 4.35. The minimum atomic E-state index is 0.677. The molecular weight excluding hydrogens is 176 g/mol. The zero-order chi connectivity index (χ0) is 9.38. The Hall–Kier alpha value is -0.830. The third-order valence-corrected chi connectivity index (χ3v) is 3.41. The molecule has 0 amide bonds. The van der Waals surface area contributed by atoms with E-state index in [4.69, 9.17) is 4.42 Å². The van der Waals surface area contributed by atoms with E-state index in [1.54, 1.807) is 0 Å². The molecule has 3 heteroatoms. The van der Waals surface area contributed by atoms with Gasteiger partial charge < -0.3 is 9.73 Å². The van der Waals surface area contributed by atoms with Crippen molar-refractivity contribution in [2.24, 2.45) is 5.92 Å². The van der Waals surface area contributed by atoms with Crippen molar-refractivity contribution in [2.75, 3.05) is 13.1 Å². The standard InChI is InChI=1S/C11H16N2O/c1-2-9(3-1)10-7-13-11(14-10)4-8-5-12-6-8/h7-9,12H,1-6H2. The lowest BCUT2D eigenvalue weighted by Gasteiger charge is -2.25. The molecule has 1 N–H and O–H groups in total. The van der Waals surface area contributed by atoms with Gasteiger partial charge in [-0.1, -0.05) is 6.42 Å². The van der Waals surface area contributed by atoms with Crippen LogP contribution < -0.4 is 5.32 Å². The molecule has 2 fully saturated rings. The second-order valence-corrected chi connectivity index (χ2v) is 4.51. The number of rotatable bonds is 3. The first kappa shape index (κ1) is 8.48. The molecule has 0 bridgehead atoms. The SMILES string of the molecule is c1nc(CC2CNC2)oc1C1CCC1. The van der Waals surface area contributed by atoms with Crippen molar-refractivity contribution >= 4 is 0 Å². The van der Waals surface area contributed by atoms with Gasteiger partial charge in [-0.25, -0.2) is 4.98 Å². The molecule has 1 saturated carbocycles. The van der Waals surface area contributed by atoms with E-state index in [0.29, 0.717) is 5.92 Å². The van der Waals surface area contributed by atoms with Crippen molar-refractivity contribution in [3.05, 3.63) is 17.8 Å². The lowest BCUT2D eigenvalue weighted by Crippen LogP contribution is -2.43. The van der Waals surface area contributed by atoms with Crippen LogP contribution in [0.3, 0.4) is 0 Å². The van der Waals surface area contributed by atoms with E-state index in [1.165, 1.54) is 19.3 Å². The minimum absolute atomic E-state index is 0.677. The Labute approximate surface area is 83.9 Å². The first-order valence-electron chi connectivity index (χ1n) is 5.57. The quantitative estimate of drug-likeness (QED) is 0.792. The summed E-state index contributed by atoms with van der Waals surface area (Å²) in [7, 11) is 0. The molecule has 0 aromatic carbocycles. The van der Waals surface area contributed by atoms with Crippen molar-refractivity contribution in [3.63, 3.8) is 0 Å². The summed E-state index contributed by atoms with van der Waals surface area (Å²) in [5, 5.41) is 3.26. The lowest BCUT2D eigenvalue weighted by molar-refractivity contribution is 0.295. The zero-order valence-corrected chi connectivity index (χ0v) is 8.33. The highest BCUT2D eigenvalue weighted by Gasteiger charge is 2.25. The predicted octanol–water partition coefficient (Wildman–Crippen LogP) is 1.70. The number of hydrogen-bond donors (Lipinski definition) is 1. The van der Waals surface area contributed by atoms with Crippen molar-refractivity contribution in [1.29, 1.82) is 0 Å². The zero-order valence-electron chi connectivity index (χ0n) is 8.33. The Bertz CT molecular complexity index is 313. The van der Waals surface area contributed by atoms with Gasteiger partial charge in [0.25, 0.3) is 0 Å². The van der Waals surface area contributed by atoms with Gasteiger partial charge in [0.2, 0.25) is 0 Å². The fourth-order valence-electron chi connectivity index (χ4n) is 2.04. The van der Waals surface area contributed by atoms with Crippen molar-refractivity contribution in [3.8, 4) is 0 Å². The highest BCUT2D eigenvalue weighted by molar-refractivity contribution is 5.05. The molecule has 1 saturated heterocycles. The number of nitrogens with one attached hydrogen (secondary N) is 1. The van der Waals surface area contributed by atoms with Gasteiger partial charge in [-0.3, -0.25) is 0 Å². The molecule has 1 aliphatic carbocycles. The maximum atomic E-state index is 5.76. The Morgan fingerprint density at radius 1 is 1.43 bits per heavy atom. The minimum Gasteiger partial charge on any atom is -0.445 e. The van der Waals surface area contributed by atoms with Gasteiger partial charge in [-0.2, -0.15) is 0 Å². The molecule has 3 nitrogen and oxygen atoms in total. The van der Waals surface area contributed by atoms with Gasteiger partial charge in [0.05, 0.1) is 6.20 Å². The smallest absolute Gasteiger partial charge is 0.194 e. The number of aromatic nitrogens is 1. The molecule has 0 atom stereocenters. The van der Waals surface area contributed by atoms with Gasteiger partial charge in [-0.15, -0.1) is 0 Å². The molecule has 2 heterocycles. The van der Waals surface area contributed by atoms with E-state index in [-0.39, 0.29) is 0 Å². The van der Waals surface area contributed by atoms with Gasteiger partial charge in [0.1, 0.15) is 5.76 Å². The second-order valence-electron chi connectivity index (χ2n) is 4.51. The van der Waals surface area contributed by atoms with E-state index in [2.05, 4.69) is 10.3 Å². The van der Waals surface area contributed by atoms with Crippen LogP contribution in [0.25, 0.3) is 0 Å². The molecule has 1 aliphatic heterocycles. The molecule has 1 aromatic rings. The third kappa shape index (κ3) is 1.46. The van der Waals surface area contributed by atoms with E-state index < -0.39 is 0 Å². The molecule has 2 aliphatic rings. The maximum absolute atomic E-state index is 5.76. The summed E-state index contributed by atoms with van der Waals surface area (Å²) in [6.45, 7) is 2.25. The van der Waals surface area contributed by atoms with E-state index in [9.17, 15) is 0 Å². The summed E-state index contributed by atoms with van der Waals surface area (Å²) >= 11 is 0. The first-order valence-corrected chi connectivity index (χ1v) is 5.57. The van der Waals surface area contributed by atoms with Crippen LogP contribution in [0.2, 0.25) is 0 Å². The van der Waals surface area contributed by atoms with Crippen LogP contribution in [0, 0.1) is 5.92 Å². The average Bonchev–Trinajstić information content (AvgIpc) is 2.42. The van der Waals surface area contributed by atoms with Crippen molar-refractivity contribution in [2.45, 2.75) is 31.6 Å². The van der Waals surface area contributed by atoms with Crippen molar-refractivity contribution in [1.82, 2.24) is 10.3 Å². The summed E-state index contributed by atoms with van der Waals surface area (Å²) in [5.41, 5.74) is 0. The fourth-order valence-corrected chi connectivity index (χ4v) is 2.04. The molecule has 0 radical (unpaired) electrons. The number of oxazole rings is 1. The highest BCUT2D eigenvalue weighted by Crippen LogP contribution is 2.36. The molecule has 76 valence electrons. The molecule has 0 spiro atoms. The molecular formula is C11H16N2O. The summed E-state index contributed by atoms with van der Waals surface area (Å²) < 4.78 is 5.76. The van der Waals surface area contributed by atoms with Gasteiger partial charge in [0.15, 0.2) is 5.89 Å². The average molecular weight is 192 g/mol. The Kier molecular flexibility index (Phi) is 2.05. The van der Waals surface area contributed by atoms with Crippen LogP contribution in [0.5, 0.6) is 0 Å². The molecule has 0 unspecified atom stereocenters. The van der Waals surface area contributed by atoms with Crippen LogP contribution >= 0.6 is 0 Å². The Balaban J connectivity index is 1.63. The highest BCUT2D eigenvalue weighted by atomic mass is 16.4. The van der Waals surface area contributed by atoms with Gasteiger partial charge in [-0.05, 0) is 31.8 Å². The molecule has 14 heavy (non-hydrogen) atoms. The first-order chi connectivity index (χ1) is 6.92. The van der Waals surface area contributed by atoms with E-state index >= 15 is 0 Å². The third-order valence-electron chi connectivity index (χ3n) is 3.41. The van der Waals surface area contributed by atoms with Crippen LogP contribution in [0.4, 0.5) is 0 Å². The molecule has 3 rings (SSSR count). The van der Waals surface area contributed by atoms with Crippen LogP contribution in [-0.4, -0.2) is 18.1 Å². The number of hydrogen-bond acceptors (Lipinski definition) is 3. The second kappa shape index (κ2) is 3.39. The summed E-state index contributed by atoms with van der Waals surface area (Å²) in [5.74, 6) is 3.50. The normalized spacial score (nSPS) is 23.1. The summed E-state index contributed by atoms with van der Waals surface area (Å²) in [6, 6.07) is 0. The van der Waals surface area contributed by atoms with Crippen LogP contribution in [0.15, 0.2) is 10.6 Å². The topological polar surface area (TPSA) is 38.1 Å². The largest absolute Gasteiger partial charge is 0.445 e. The fraction of sp³-hybridized carbons (Fsp3) is 0.727. The van der Waals surface area contributed by atoms with E-state index in [1.807, 2.05) is 6.20 Å². The Morgan fingerprint density at radius 2 is 2.29 bits per heavy atom. The maximum Gasteiger partial charge on any atom is 0.194 e. The predicted molar refractivity (Wildman–Crippen MR) is 53.2 cm³/mol. The van der Waals surface area contributed by atoms with Crippen LogP contribution in [0.1, 0.15) is 36.8 Å².